The van der Waals surface area contributed by atoms with Crippen molar-refractivity contribution in [2.45, 2.75) is 13.1 Å². The first kappa shape index (κ1) is 15.4. The molecule has 0 unspecified atom stereocenters. The second-order valence-corrected chi connectivity index (χ2v) is 6.03. The van der Waals surface area contributed by atoms with Gasteiger partial charge in [0.1, 0.15) is 11.5 Å². The molecule has 2 aromatic rings. The molecular formula is C15H15Br2NO2. The van der Waals surface area contributed by atoms with Crippen molar-refractivity contribution in [3.8, 4) is 11.5 Å². The Morgan fingerprint density at radius 3 is 2.35 bits per heavy atom. The lowest BCUT2D eigenvalue weighted by molar-refractivity contribution is 0.409. The summed E-state index contributed by atoms with van der Waals surface area (Å²) in [5.41, 5.74) is 2.01. The van der Waals surface area contributed by atoms with E-state index in [0.29, 0.717) is 18.8 Å². The van der Waals surface area contributed by atoms with E-state index >= 15 is 0 Å². The number of ether oxygens (including phenoxy) is 1. The first-order valence-electron chi connectivity index (χ1n) is 6.11. The fraction of sp³-hybridized carbons (Fsp3) is 0.200. The van der Waals surface area contributed by atoms with Gasteiger partial charge in [0, 0.05) is 18.7 Å². The van der Waals surface area contributed by atoms with Gasteiger partial charge in [-0.15, -0.1) is 0 Å². The van der Waals surface area contributed by atoms with E-state index in [4.69, 9.17) is 4.74 Å². The zero-order chi connectivity index (χ0) is 14.5. The minimum absolute atomic E-state index is 0.317. The normalized spacial score (nSPS) is 10.6. The van der Waals surface area contributed by atoms with E-state index in [1.807, 2.05) is 30.3 Å². The van der Waals surface area contributed by atoms with Gasteiger partial charge in [-0.25, -0.2) is 0 Å². The molecule has 0 bridgehead atoms. The number of methoxy groups -OCH3 is 1. The van der Waals surface area contributed by atoms with Gasteiger partial charge in [-0.1, -0.05) is 18.2 Å². The van der Waals surface area contributed by atoms with Crippen molar-refractivity contribution in [1.29, 1.82) is 0 Å². The molecule has 0 amide bonds. The van der Waals surface area contributed by atoms with E-state index < -0.39 is 0 Å². The second kappa shape index (κ2) is 7.11. The number of para-hydroxylation sites is 1. The molecule has 0 radical (unpaired) electrons. The van der Waals surface area contributed by atoms with Crippen LogP contribution in [0.4, 0.5) is 0 Å². The van der Waals surface area contributed by atoms with Crippen LogP contribution in [0.5, 0.6) is 11.5 Å². The van der Waals surface area contributed by atoms with Crippen molar-refractivity contribution in [3.63, 3.8) is 0 Å². The van der Waals surface area contributed by atoms with Crippen LogP contribution in [-0.2, 0) is 13.1 Å². The lowest BCUT2D eigenvalue weighted by atomic mass is 10.2. The maximum absolute atomic E-state index is 9.69. The van der Waals surface area contributed by atoms with Crippen molar-refractivity contribution < 1.29 is 9.84 Å². The largest absolute Gasteiger partial charge is 0.508 e. The summed E-state index contributed by atoms with van der Waals surface area (Å²) in [6.07, 6.45) is 0. The summed E-state index contributed by atoms with van der Waals surface area (Å²) in [6.45, 7) is 1.32. The maximum Gasteiger partial charge on any atom is 0.147 e. The molecule has 106 valence electrons. The van der Waals surface area contributed by atoms with Gasteiger partial charge in [-0.05, 0) is 55.6 Å². The summed E-state index contributed by atoms with van der Waals surface area (Å²) in [6, 6.07) is 11.4. The number of halogens is 2. The van der Waals surface area contributed by atoms with E-state index in [1.54, 1.807) is 13.2 Å². The van der Waals surface area contributed by atoms with Crippen LogP contribution in [0, 0.1) is 0 Å². The number of hydrogen-bond acceptors (Lipinski definition) is 3. The third kappa shape index (κ3) is 3.75. The van der Waals surface area contributed by atoms with E-state index in [9.17, 15) is 5.11 Å². The summed E-state index contributed by atoms with van der Waals surface area (Å²) in [7, 11) is 1.64. The van der Waals surface area contributed by atoms with E-state index in [1.165, 1.54) is 0 Å². The number of benzene rings is 2. The predicted octanol–water partition coefficient (Wildman–Crippen LogP) is 4.22. The molecule has 0 atom stereocenters. The van der Waals surface area contributed by atoms with Gasteiger partial charge in [0.05, 0.1) is 16.1 Å². The highest BCUT2D eigenvalue weighted by molar-refractivity contribution is 9.11. The molecule has 0 aliphatic rings. The Kier molecular flexibility index (Phi) is 5.46. The smallest absolute Gasteiger partial charge is 0.147 e. The molecule has 0 fully saturated rings. The van der Waals surface area contributed by atoms with Crippen molar-refractivity contribution in [3.05, 3.63) is 56.5 Å². The molecule has 5 heteroatoms. The van der Waals surface area contributed by atoms with Crippen LogP contribution in [-0.4, -0.2) is 12.2 Å². The monoisotopic (exact) mass is 399 g/mol. The molecule has 2 N–H and O–H groups in total. The average molecular weight is 401 g/mol. The second-order valence-electron chi connectivity index (χ2n) is 4.32. The highest BCUT2D eigenvalue weighted by Gasteiger charge is 2.07. The third-order valence-corrected chi connectivity index (χ3v) is 4.08. The Hall–Kier alpha value is -1.04. The van der Waals surface area contributed by atoms with Crippen molar-refractivity contribution in [2.24, 2.45) is 0 Å². The fourth-order valence-electron chi connectivity index (χ4n) is 1.91. The Morgan fingerprint density at radius 1 is 1.10 bits per heavy atom. The number of rotatable bonds is 5. The molecule has 0 spiro atoms. The number of phenols is 1. The molecule has 2 aromatic carbocycles. The lowest BCUT2D eigenvalue weighted by Gasteiger charge is -2.10. The fourth-order valence-corrected chi connectivity index (χ4v) is 3.52. The van der Waals surface area contributed by atoms with Gasteiger partial charge in [0.2, 0.25) is 0 Å². The Bertz CT molecular complexity index is 579. The molecule has 0 aliphatic heterocycles. The Labute approximate surface area is 135 Å². The summed E-state index contributed by atoms with van der Waals surface area (Å²) in [4.78, 5) is 0. The third-order valence-electron chi connectivity index (χ3n) is 2.90. The Morgan fingerprint density at radius 2 is 1.75 bits per heavy atom. The van der Waals surface area contributed by atoms with Gasteiger partial charge < -0.3 is 15.2 Å². The van der Waals surface area contributed by atoms with Crippen LogP contribution < -0.4 is 10.1 Å². The van der Waals surface area contributed by atoms with Crippen molar-refractivity contribution in [2.75, 3.05) is 7.11 Å². The molecule has 0 saturated carbocycles. The highest BCUT2D eigenvalue weighted by atomic mass is 79.9. The standard InChI is InChI=1S/C15H15Br2NO2/c1-20-15-12(16)6-10(7-13(15)17)8-18-9-11-4-2-3-5-14(11)19/h2-7,18-19H,8-9H2,1H3. The van der Waals surface area contributed by atoms with E-state index in [2.05, 4.69) is 37.2 Å². The number of phenolic OH excluding ortho intramolecular Hbond substituents is 1. The first-order chi connectivity index (χ1) is 9.61. The zero-order valence-electron chi connectivity index (χ0n) is 11.0. The van der Waals surface area contributed by atoms with Crippen molar-refractivity contribution >= 4 is 31.9 Å². The van der Waals surface area contributed by atoms with Gasteiger partial charge in [0.25, 0.3) is 0 Å². The molecular weight excluding hydrogens is 386 g/mol. The van der Waals surface area contributed by atoms with Crippen LogP contribution in [0.25, 0.3) is 0 Å². The summed E-state index contributed by atoms with van der Waals surface area (Å²) in [5, 5.41) is 13.0. The minimum atomic E-state index is 0.317. The first-order valence-corrected chi connectivity index (χ1v) is 7.70. The highest BCUT2D eigenvalue weighted by Crippen LogP contribution is 2.34. The minimum Gasteiger partial charge on any atom is -0.508 e. The van der Waals surface area contributed by atoms with E-state index in [-0.39, 0.29) is 0 Å². The lowest BCUT2D eigenvalue weighted by Crippen LogP contribution is -2.12. The number of nitrogens with one attached hydrogen (secondary N) is 1. The SMILES string of the molecule is COc1c(Br)cc(CNCc2ccccc2O)cc1Br. The quantitative estimate of drug-likeness (QED) is 0.789. The van der Waals surface area contributed by atoms with Crippen LogP contribution in [0.1, 0.15) is 11.1 Å². The molecule has 0 saturated heterocycles. The van der Waals surface area contributed by atoms with Crippen LogP contribution in [0.2, 0.25) is 0 Å². The molecule has 2 rings (SSSR count). The zero-order valence-corrected chi connectivity index (χ0v) is 14.2. The summed E-state index contributed by atoms with van der Waals surface area (Å²) >= 11 is 6.97. The summed E-state index contributed by atoms with van der Waals surface area (Å²) < 4.78 is 7.09. The van der Waals surface area contributed by atoms with E-state index in [0.717, 1.165) is 25.8 Å². The van der Waals surface area contributed by atoms with Crippen molar-refractivity contribution in [1.82, 2.24) is 5.32 Å². The molecule has 20 heavy (non-hydrogen) atoms. The van der Waals surface area contributed by atoms with Gasteiger partial charge in [-0.2, -0.15) is 0 Å². The van der Waals surface area contributed by atoms with Gasteiger partial charge in [-0.3, -0.25) is 0 Å². The summed E-state index contributed by atoms with van der Waals surface area (Å²) in [5.74, 6) is 1.10. The molecule has 3 nitrogen and oxygen atoms in total. The molecule has 0 aromatic heterocycles. The molecule has 0 aliphatic carbocycles. The topological polar surface area (TPSA) is 41.5 Å². The number of aromatic hydroxyl groups is 1. The Balaban J connectivity index is 2.00. The predicted molar refractivity (Wildman–Crippen MR) is 87.0 cm³/mol. The average Bonchev–Trinajstić information content (AvgIpc) is 2.41. The number of hydrogen-bond donors (Lipinski definition) is 2. The van der Waals surface area contributed by atoms with Crippen LogP contribution >= 0.6 is 31.9 Å². The van der Waals surface area contributed by atoms with Gasteiger partial charge in [0.15, 0.2) is 0 Å². The maximum atomic E-state index is 9.69. The molecule has 0 heterocycles. The van der Waals surface area contributed by atoms with Crippen LogP contribution in [0.3, 0.4) is 0 Å². The van der Waals surface area contributed by atoms with Gasteiger partial charge >= 0.3 is 0 Å². The van der Waals surface area contributed by atoms with Crippen LogP contribution in [0.15, 0.2) is 45.3 Å².